The van der Waals surface area contributed by atoms with Gasteiger partial charge in [0, 0.05) is 50.1 Å². The molecule has 1 aromatic carbocycles. The smallest absolute Gasteiger partial charge is 0.290 e. The first kappa shape index (κ1) is 27.0. The lowest BCUT2D eigenvalue weighted by Crippen LogP contribution is -2.41. The van der Waals surface area contributed by atoms with Crippen molar-refractivity contribution in [1.29, 1.82) is 0 Å². The van der Waals surface area contributed by atoms with E-state index in [2.05, 4.69) is 20.1 Å². The minimum atomic E-state index is -1.11. The molecule has 0 radical (unpaired) electrons. The number of fused-ring (bicyclic) bond motifs is 3. The number of benzene rings is 1. The number of aromatic nitrogens is 5. The first-order chi connectivity index (χ1) is 19.6. The monoisotopic (exact) mass is 557 g/mol. The molecule has 0 fully saturated rings. The molecule has 4 heterocycles. The van der Waals surface area contributed by atoms with Crippen molar-refractivity contribution in [3.63, 3.8) is 0 Å². The summed E-state index contributed by atoms with van der Waals surface area (Å²) in [5.41, 5.74) is 4.88. The predicted octanol–water partition coefficient (Wildman–Crippen LogP) is 2.98. The Hall–Kier alpha value is -4.22. The third kappa shape index (κ3) is 4.64. The van der Waals surface area contributed by atoms with Crippen molar-refractivity contribution in [1.82, 2.24) is 24.1 Å². The van der Waals surface area contributed by atoms with E-state index in [1.54, 1.807) is 49.7 Å². The quantitative estimate of drug-likeness (QED) is 0.332. The molecule has 1 aliphatic heterocycles. The Morgan fingerprint density at radius 1 is 1.00 bits per heavy atom. The average Bonchev–Trinajstić information content (AvgIpc) is 3.51. The molecular formula is C30H35N7O4. The molecule has 4 aromatic rings. The van der Waals surface area contributed by atoms with Gasteiger partial charge in [0.25, 0.3) is 11.5 Å². The molecule has 0 spiro atoms. The molecular weight excluding hydrogens is 522 g/mol. The number of hydrogen-bond acceptors (Lipinski definition) is 7. The Labute approximate surface area is 237 Å². The van der Waals surface area contributed by atoms with Crippen LogP contribution in [-0.2, 0) is 45.7 Å². The summed E-state index contributed by atoms with van der Waals surface area (Å²) in [6.07, 6.45) is 4.31. The maximum atomic E-state index is 13.7. The number of hydrogen-bond donors (Lipinski definition) is 3. The van der Waals surface area contributed by atoms with Crippen molar-refractivity contribution < 1.29 is 15.0 Å². The third-order valence-electron chi connectivity index (χ3n) is 8.13. The van der Waals surface area contributed by atoms with Crippen LogP contribution in [0.1, 0.15) is 59.7 Å². The molecule has 0 unspecified atom stereocenters. The second-order valence-electron chi connectivity index (χ2n) is 11.4. The molecule has 1 amide bonds. The van der Waals surface area contributed by atoms with Gasteiger partial charge in [-0.2, -0.15) is 10.2 Å². The third-order valence-corrected chi connectivity index (χ3v) is 8.13. The Morgan fingerprint density at radius 2 is 1.78 bits per heavy atom. The second kappa shape index (κ2) is 10.0. The van der Waals surface area contributed by atoms with Crippen LogP contribution in [-0.4, -0.2) is 46.8 Å². The van der Waals surface area contributed by atoms with Crippen molar-refractivity contribution in [2.45, 2.75) is 58.3 Å². The van der Waals surface area contributed by atoms with Crippen LogP contribution in [0.25, 0.3) is 11.3 Å². The standard InChI is InChI=1S/C30H35N7O4/c1-30(2,41)26-16-27(33-34(26)3)31-22-15-21(32-35(4)28(22)39)19-9-7-11-24(20(19)17-38)37-13-12-36-23-10-6-5-8-18(23)14-25(36)29(37)40/h7,9,11,14-16,38,41H,5-6,8,10,12-13,17H2,1-4H3,(H,31,33). The van der Waals surface area contributed by atoms with Crippen LogP contribution >= 0.6 is 0 Å². The van der Waals surface area contributed by atoms with Gasteiger partial charge >= 0.3 is 0 Å². The number of rotatable bonds is 6. The van der Waals surface area contributed by atoms with Crippen molar-refractivity contribution in [2.24, 2.45) is 14.1 Å². The molecule has 2 aliphatic rings. The Kier molecular flexibility index (Phi) is 6.58. The number of aliphatic hydroxyl groups is 2. The van der Waals surface area contributed by atoms with E-state index in [0.717, 1.165) is 25.7 Å². The number of carbonyl (C=O) groups excluding carboxylic acids is 1. The molecule has 0 bridgehead atoms. The van der Waals surface area contributed by atoms with E-state index in [1.807, 2.05) is 24.3 Å². The van der Waals surface area contributed by atoms with Gasteiger partial charge in [-0.1, -0.05) is 12.1 Å². The summed E-state index contributed by atoms with van der Waals surface area (Å²) in [7, 11) is 3.28. The van der Waals surface area contributed by atoms with E-state index in [4.69, 9.17) is 0 Å². The van der Waals surface area contributed by atoms with Crippen LogP contribution in [0.4, 0.5) is 17.2 Å². The van der Waals surface area contributed by atoms with Crippen LogP contribution in [0.15, 0.2) is 41.2 Å². The Balaban J connectivity index is 1.37. The minimum Gasteiger partial charge on any atom is -0.392 e. The highest BCUT2D eigenvalue weighted by Crippen LogP contribution is 2.35. The molecule has 1 aliphatic carbocycles. The van der Waals surface area contributed by atoms with Gasteiger partial charge in [-0.05, 0) is 63.3 Å². The van der Waals surface area contributed by atoms with E-state index < -0.39 is 5.60 Å². The van der Waals surface area contributed by atoms with E-state index in [0.29, 0.717) is 52.8 Å². The molecule has 214 valence electrons. The van der Waals surface area contributed by atoms with Gasteiger partial charge in [-0.3, -0.25) is 14.3 Å². The zero-order valence-corrected chi connectivity index (χ0v) is 23.8. The average molecular weight is 558 g/mol. The summed E-state index contributed by atoms with van der Waals surface area (Å²) in [4.78, 5) is 28.5. The largest absolute Gasteiger partial charge is 0.392 e. The van der Waals surface area contributed by atoms with Gasteiger partial charge in [0.1, 0.15) is 17.0 Å². The Bertz CT molecular complexity index is 1720. The summed E-state index contributed by atoms with van der Waals surface area (Å²) in [6, 6.07) is 10.9. The van der Waals surface area contributed by atoms with Crippen molar-refractivity contribution in [2.75, 3.05) is 16.8 Å². The van der Waals surface area contributed by atoms with Gasteiger partial charge < -0.3 is 25.0 Å². The molecule has 41 heavy (non-hydrogen) atoms. The van der Waals surface area contributed by atoms with Crippen molar-refractivity contribution >= 4 is 23.1 Å². The van der Waals surface area contributed by atoms with Crippen LogP contribution in [0.5, 0.6) is 0 Å². The van der Waals surface area contributed by atoms with Crippen molar-refractivity contribution in [3.8, 4) is 11.3 Å². The zero-order valence-electron chi connectivity index (χ0n) is 23.8. The first-order valence-corrected chi connectivity index (χ1v) is 14.0. The number of amides is 1. The van der Waals surface area contributed by atoms with Crippen LogP contribution in [0, 0.1) is 0 Å². The number of nitrogens with zero attached hydrogens (tertiary/aromatic N) is 6. The van der Waals surface area contributed by atoms with E-state index in [9.17, 15) is 19.8 Å². The molecule has 0 saturated heterocycles. The Morgan fingerprint density at radius 3 is 2.51 bits per heavy atom. The van der Waals surface area contributed by atoms with Crippen LogP contribution in [0.3, 0.4) is 0 Å². The number of carbonyl (C=O) groups is 1. The molecule has 6 rings (SSSR count). The molecule has 11 heteroatoms. The molecule has 3 aromatic heterocycles. The molecule has 0 saturated carbocycles. The zero-order chi connectivity index (χ0) is 29.1. The topological polar surface area (TPSA) is 130 Å². The number of anilines is 3. The minimum absolute atomic E-state index is 0.0777. The van der Waals surface area contributed by atoms with Gasteiger partial charge in [0.2, 0.25) is 0 Å². The van der Waals surface area contributed by atoms with E-state index >= 15 is 0 Å². The lowest BCUT2D eigenvalue weighted by Gasteiger charge is -2.31. The predicted molar refractivity (Wildman–Crippen MR) is 155 cm³/mol. The summed E-state index contributed by atoms with van der Waals surface area (Å²) in [5.74, 6) is 0.325. The molecule has 0 atom stereocenters. The van der Waals surface area contributed by atoms with Gasteiger partial charge in [-0.15, -0.1) is 0 Å². The number of aliphatic hydroxyl groups excluding tert-OH is 1. The number of nitrogens with one attached hydrogen (secondary N) is 1. The first-order valence-electron chi connectivity index (χ1n) is 14.0. The molecule has 11 nitrogen and oxygen atoms in total. The highest BCUT2D eigenvalue weighted by Gasteiger charge is 2.32. The second-order valence-corrected chi connectivity index (χ2v) is 11.4. The van der Waals surface area contributed by atoms with E-state index in [1.165, 1.54) is 15.9 Å². The maximum Gasteiger partial charge on any atom is 0.290 e. The normalized spacial score (nSPS) is 15.2. The van der Waals surface area contributed by atoms with Crippen molar-refractivity contribution in [3.05, 3.63) is 75.0 Å². The van der Waals surface area contributed by atoms with Gasteiger partial charge in [0.05, 0.1) is 23.7 Å². The van der Waals surface area contributed by atoms with Crippen LogP contribution < -0.4 is 15.8 Å². The lowest BCUT2D eigenvalue weighted by molar-refractivity contribution is 0.0695. The highest BCUT2D eigenvalue weighted by atomic mass is 16.3. The summed E-state index contributed by atoms with van der Waals surface area (Å²) >= 11 is 0. The fraction of sp³-hybridized carbons (Fsp3) is 0.400. The summed E-state index contributed by atoms with van der Waals surface area (Å²) in [5, 5.41) is 32.9. The fourth-order valence-electron chi connectivity index (χ4n) is 6.17. The SMILES string of the molecule is Cn1nc(Nc2cc(-c3cccc(N4CCn5c(cc6c5CCCC6)C4=O)c3CO)nn(C)c2=O)cc1C(C)(C)O. The highest BCUT2D eigenvalue weighted by molar-refractivity contribution is 6.07. The summed E-state index contributed by atoms with van der Waals surface area (Å²) in [6.45, 7) is 4.22. The maximum absolute atomic E-state index is 13.7. The lowest BCUT2D eigenvalue weighted by atomic mass is 9.98. The molecule has 3 N–H and O–H groups in total. The van der Waals surface area contributed by atoms with Gasteiger partial charge in [-0.25, -0.2) is 4.68 Å². The summed E-state index contributed by atoms with van der Waals surface area (Å²) < 4.78 is 4.96. The fourth-order valence-corrected chi connectivity index (χ4v) is 6.17. The van der Waals surface area contributed by atoms with Gasteiger partial charge in [0.15, 0.2) is 5.82 Å². The van der Waals surface area contributed by atoms with Crippen LogP contribution in [0.2, 0.25) is 0 Å². The number of aryl methyl sites for hydroxylation is 3. The van der Waals surface area contributed by atoms with E-state index in [-0.39, 0.29) is 23.8 Å².